The predicted molar refractivity (Wildman–Crippen MR) is 101 cm³/mol. The molecule has 26 heavy (non-hydrogen) atoms. The molecule has 0 bridgehead atoms. The molecule has 1 fully saturated rings. The van der Waals surface area contributed by atoms with Crippen LogP contribution in [0.15, 0.2) is 54.6 Å². The average molecular weight is 354 g/mol. The Hall–Kier alpha value is -2.53. The minimum absolute atomic E-state index is 0.0115. The van der Waals surface area contributed by atoms with Gasteiger partial charge in [0.1, 0.15) is 6.61 Å². The number of amides is 1. The van der Waals surface area contributed by atoms with Crippen LogP contribution in [0.2, 0.25) is 0 Å². The van der Waals surface area contributed by atoms with Crippen molar-refractivity contribution in [1.82, 2.24) is 10.6 Å². The van der Waals surface area contributed by atoms with Crippen molar-refractivity contribution in [2.24, 2.45) is 5.92 Å². The maximum atomic E-state index is 12.2. The first-order chi connectivity index (χ1) is 12.7. The van der Waals surface area contributed by atoms with Gasteiger partial charge < -0.3 is 20.1 Å². The van der Waals surface area contributed by atoms with Crippen LogP contribution in [0.4, 0.5) is 0 Å². The number of carbonyl (C=O) groups is 1. The van der Waals surface area contributed by atoms with E-state index in [-0.39, 0.29) is 18.6 Å². The third-order valence-electron chi connectivity index (χ3n) is 4.58. The van der Waals surface area contributed by atoms with Gasteiger partial charge in [-0.15, -0.1) is 0 Å². The Balaban J connectivity index is 1.52. The fourth-order valence-electron chi connectivity index (χ4n) is 3.04. The second kappa shape index (κ2) is 9.25. The highest BCUT2D eigenvalue weighted by atomic mass is 16.5. The summed E-state index contributed by atoms with van der Waals surface area (Å²) in [6, 6.07) is 17.6. The Morgan fingerprint density at radius 2 is 1.77 bits per heavy atom. The Bertz CT molecular complexity index is 705. The molecule has 2 aromatic carbocycles. The summed E-state index contributed by atoms with van der Waals surface area (Å²) in [6.07, 6.45) is 0.948. The topological polar surface area (TPSA) is 59.6 Å². The molecule has 0 aromatic heterocycles. The lowest BCUT2D eigenvalue weighted by molar-refractivity contribution is -0.124. The molecule has 138 valence electrons. The molecule has 5 nitrogen and oxygen atoms in total. The second-order valence-electron chi connectivity index (χ2n) is 6.65. The molecular weight excluding hydrogens is 328 g/mol. The third-order valence-corrected chi connectivity index (χ3v) is 4.58. The van der Waals surface area contributed by atoms with E-state index < -0.39 is 0 Å². The van der Waals surface area contributed by atoms with Crippen molar-refractivity contribution in [2.45, 2.75) is 26.0 Å². The summed E-state index contributed by atoms with van der Waals surface area (Å²) in [5, 5.41) is 6.40. The summed E-state index contributed by atoms with van der Waals surface area (Å²) in [6.45, 7) is 4.46. The van der Waals surface area contributed by atoms with E-state index in [9.17, 15) is 4.79 Å². The van der Waals surface area contributed by atoms with E-state index in [2.05, 4.69) is 17.6 Å². The molecule has 1 heterocycles. The first-order valence-electron chi connectivity index (χ1n) is 9.11. The monoisotopic (exact) mass is 354 g/mol. The summed E-state index contributed by atoms with van der Waals surface area (Å²) in [5.41, 5.74) is 1.08. The summed E-state index contributed by atoms with van der Waals surface area (Å²) in [5.74, 6) is 1.55. The van der Waals surface area contributed by atoms with Crippen LogP contribution in [0.5, 0.6) is 11.5 Å². The summed E-state index contributed by atoms with van der Waals surface area (Å²) >= 11 is 0. The van der Waals surface area contributed by atoms with Gasteiger partial charge >= 0.3 is 0 Å². The largest absolute Gasteiger partial charge is 0.485 e. The Kier molecular flexibility index (Phi) is 6.50. The average Bonchev–Trinajstić information content (AvgIpc) is 2.68. The number of para-hydroxylation sites is 2. The van der Waals surface area contributed by atoms with Crippen LogP contribution in [-0.2, 0) is 11.4 Å². The fraction of sp³-hybridized carbons (Fsp3) is 0.381. The second-order valence-corrected chi connectivity index (χ2v) is 6.65. The number of hydrogen-bond donors (Lipinski definition) is 2. The standard InChI is InChI=1S/C21H26N2O3/c1-16-13-22-12-11-18(16)23-21(24)15-26-20-10-6-5-9-19(20)25-14-17-7-3-2-4-8-17/h2-10,16,18,22H,11-15H2,1H3,(H,23,24). The molecule has 1 saturated heterocycles. The molecule has 2 atom stereocenters. The summed E-state index contributed by atoms with van der Waals surface area (Å²) in [4.78, 5) is 12.2. The van der Waals surface area contributed by atoms with E-state index >= 15 is 0 Å². The van der Waals surface area contributed by atoms with Gasteiger partial charge in [0.05, 0.1) is 0 Å². The number of ether oxygens (including phenoxy) is 2. The molecule has 0 aliphatic carbocycles. The summed E-state index contributed by atoms with van der Waals surface area (Å²) < 4.78 is 11.6. The first kappa shape index (κ1) is 18.3. The van der Waals surface area contributed by atoms with Crippen molar-refractivity contribution < 1.29 is 14.3 Å². The number of nitrogens with one attached hydrogen (secondary N) is 2. The summed E-state index contributed by atoms with van der Waals surface area (Å²) in [7, 11) is 0. The van der Waals surface area contributed by atoms with Gasteiger partial charge in [0.25, 0.3) is 5.91 Å². The third kappa shape index (κ3) is 5.23. The van der Waals surface area contributed by atoms with Crippen LogP contribution >= 0.6 is 0 Å². The minimum Gasteiger partial charge on any atom is -0.485 e. The maximum absolute atomic E-state index is 12.2. The lowest BCUT2D eigenvalue weighted by Crippen LogP contribution is -2.49. The van der Waals surface area contributed by atoms with Crippen LogP contribution in [0.25, 0.3) is 0 Å². The normalized spacial score (nSPS) is 19.6. The Labute approximate surface area is 154 Å². The number of benzene rings is 2. The molecule has 2 unspecified atom stereocenters. The van der Waals surface area contributed by atoms with Gasteiger partial charge in [-0.3, -0.25) is 4.79 Å². The predicted octanol–water partition coefficient (Wildman–Crippen LogP) is 2.76. The Morgan fingerprint density at radius 1 is 1.08 bits per heavy atom. The molecule has 0 saturated carbocycles. The van der Waals surface area contributed by atoms with Crippen molar-refractivity contribution in [3.8, 4) is 11.5 Å². The molecule has 2 N–H and O–H groups in total. The molecule has 1 amide bonds. The van der Waals surface area contributed by atoms with Crippen molar-refractivity contribution in [3.63, 3.8) is 0 Å². The van der Waals surface area contributed by atoms with E-state index in [0.717, 1.165) is 25.1 Å². The van der Waals surface area contributed by atoms with E-state index in [4.69, 9.17) is 9.47 Å². The van der Waals surface area contributed by atoms with E-state index in [1.54, 1.807) is 0 Å². The molecular formula is C21H26N2O3. The Morgan fingerprint density at radius 3 is 2.50 bits per heavy atom. The zero-order chi connectivity index (χ0) is 18.2. The van der Waals surface area contributed by atoms with Gasteiger partial charge in [-0.25, -0.2) is 0 Å². The van der Waals surface area contributed by atoms with Gasteiger partial charge in [0.15, 0.2) is 18.1 Å². The maximum Gasteiger partial charge on any atom is 0.258 e. The molecule has 3 rings (SSSR count). The van der Waals surface area contributed by atoms with E-state index in [0.29, 0.717) is 24.0 Å². The smallest absolute Gasteiger partial charge is 0.258 e. The van der Waals surface area contributed by atoms with Gasteiger partial charge in [-0.2, -0.15) is 0 Å². The van der Waals surface area contributed by atoms with Gasteiger partial charge in [-0.1, -0.05) is 49.4 Å². The fourth-order valence-corrected chi connectivity index (χ4v) is 3.04. The zero-order valence-electron chi connectivity index (χ0n) is 15.1. The molecule has 0 spiro atoms. The number of piperidine rings is 1. The molecule has 1 aliphatic heterocycles. The molecule has 2 aromatic rings. The highest BCUT2D eigenvalue weighted by Gasteiger charge is 2.22. The molecule has 0 radical (unpaired) electrons. The zero-order valence-corrected chi connectivity index (χ0v) is 15.1. The minimum atomic E-state index is -0.0957. The van der Waals surface area contributed by atoms with Crippen molar-refractivity contribution in [1.29, 1.82) is 0 Å². The quantitative estimate of drug-likeness (QED) is 0.803. The van der Waals surface area contributed by atoms with E-state index in [1.807, 2.05) is 54.6 Å². The van der Waals surface area contributed by atoms with Gasteiger partial charge in [-0.05, 0) is 43.1 Å². The first-order valence-corrected chi connectivity index (χ1v) is 9.11. The SMILES string of the molecule is CC1CNCCC1NC(=O)COc1ccccc1OCc1ccccc1. The van der Waals surface area contributed by atoms with E-state index in [1.165, 1.54) is 0 Å². The van der Waals surface area contributed by atoms with Crippen molar-refractivity contribution in [3.05, 3.63) is 60.2 Å². The van der Waals surface area contributed by atoms with Gasteiger partial charge in [0, 0.05) is 6.04 Å². The van der Waals surface area contributed by atoms with Crippen LogP contribution < -0.4 is 20.1 Å². The number of carbonyl (C=O) groups excluding carboxylic acids is 1. The van der Waals surface area contributed by atoms with Crippen LogP contribution in [0.3, 0.4) is 0 Å². The van der Waals surface area contributed by atoms with Gasteiger partial charge in [0.2, 0.25) is 0 Å². The highest BCUT2D eigenvalue weighted by Crippen LogP contribution is 2.27. The van der Waals surface area contributed by atoms with Crippen LogP contribution in [0.1, 0.15) is 18.9 Å². The van der Waals surface area contributed by atoms with Crippen LogP contribution in [-0.4, -0.2) is 31.6 Å². The number of hydrogen-bond acceptors (Lipinski definition) is 4. The van der Waals surface area contributed by atoms with Crippen molar-refractivity contribution in [2.75, 3.05) is 19.7 Å². The van der Waals surface area contributed by atoms with Crippen LogP contribution in [0, 0.1) is 5.92 Å². The molecule has 1 aliphatic rings. The lowest BCUT2D eigenvalue weighted by Gasteiger charge is -2.30. The molecule has 5 heteroatoms. The lowest BCUT2D eigenvalue weighted by atomic mass is 9.95. The highest BCUT2D eigenvalue weighted by molar-refractivity contribution is 5.78. The van der Waals surface area contributed by atoms with Crippen molar-refractivity contribution >= 4 is 5.91 Å². The number of rotatable bonds is 7.